The maximum absolute atomic E-state index is 3.34. The number of nitrogens with one attached hydrogen (secondary N) is 1. The van der Waals surface area contributed by atoms with Crippen LogP contribution >= 0.6 is 0 Å². The Kier molecular flexibility index (Phi) is 3.16. The van der Waals surface area contributed by atoms with Crippen molar-refractivity contribution in [2.75, 3.05) is 13.6 Å². The van der Waals surface area contributed by atoms with Crippen molar-refractivity contribution in [3.05, 3.63) is 0 Å². The molecule has 82 valence electrons. The molecule has 2 fully saturated rings. The Morgan fingerprint density at radius 2 is 1.79 bits per heavy atom. The minimum absolute atomic E-state index is 0.794. The predicted octanol–water partition coefficient (Wildman–Crippen LogP) is 3.20. The molecule has 0 aliphatic heterocycles. The van der Waals surface area contributed by atoms with Gasteiger partial charge in [-0.1, -0.05) is 13.3 Å². The lowest BCUT2D eigenvalue weighted by atomic mass is 9.82. The summed E-state index contributed by atoms with van der Waals surface area (Å²) in [6, 6.07) is 0. The smallest absolute Gasteiger partial charge is 0.00233 e. The van der Waals surface area contributed by atoms with E-state index in [2.05, 4.69) is 19.3 Å². The van der Waals surface area contributed by atoms with Crippen LogP contribution in [0.3, 0.4) is 0 Å². The van der Waals surface area contributed by atoms with Crippen LogP contribution < -0.4 is 5.32 Å². The van der Waals surface area contributed by atoms with E-state index in [-0.39, 0.29) is 0 Å². The van der Waals surface area contributed by atoms with Crippen LogP contribution in [-0.2, 0) is 0 Å². The minimum atomic E-state index is 0.794. The van der Waals surface area contributed by atoms with Crippen molar-refractivity contribution in [3.63, 3.8) is 0 Å². The van der Waals surface area contributed by atoms with Crippen LogP contribution in [0.25, 0.3) is 0 Å². The molecule has 2 rings (SSSR count). The van der Waals surface area contributed by atoms with E-state index in [9.17, 15) is 0 Å². The fraction of sp³-hybridized carbons (Fsp3) is 1.00. The Balaban J connectivity index is 1.87. The Hall–Kier alpha value is -0.0400. The molecule has 0 radical (unpaired) electrons. The zero-order valence-electron chi connectivity index (χ0n) is 9.81. The first-order valence-electron chi connectivity index (χ1n) is 6.42. The molecule has 1 spiro atoms. The van der Waals surface area contributed by atoms with Crippen molar-refractivity contribution >= 4 is 0 Å². The Labute approximate surface area is 88.7 Å². The van der Waals surface area contributed by atoms with Gasteiger partial charge in [0.25, 0.3) is 0 Å². The fourth-order valence-corrected chi connectivity index (χ4v) is 3.88. The summed E-state index contributed by atoms with van der Waals surface area (Å²) in [5.41, 5.74) is 0.794. The van der Waals surface area contributed by atoms with E-state index < -0.39 is 0 Å². The van der Waals surface area contributed by atoms with E-state index >= 15 is 0 Å². The Morgan fingerprint density at radius 3 is 2.36 bits per heavy atom. The maximum atomic E-state index is 3.34. The van der Waals surface area contributed by atoms with E-state index in [1.807, 2.05) is 0 Å². The maximum Gasteiger partial charge on any atom is -0.00233 e. The first-order chi connectivity index (χ1) is 6.78. The second-order valence-electron chi connectivity index (χ2n) is 5.68. The van der Waals surface area contributed by atoms with E-state index in [4.69, 9.17) is 0 Å². The van der Waals surface area contributed by atoms with Crippen molar-refractivity contribution in [2.24, 2.45) is 17.3 Å². The molecule has 0 amide bonds. The standard InChI is InChI=1S/C13H25N/c1-3-11-4-6-13(8-11)7-5-12(9-13)10-14-2/h11-12,14H,3-10H2,1-2H3. The zero-order valence-corrected chi connectivity index (χ0v) is 9.81. The van der Waals surface area contributed by atoms with Gasteiger partial charge in [0.2, 0.25) is 0 Å². The Bertz CT molecular complexity index is 190. The van der Waals surface area contributed by atoms with Gasteiger partial charge in [-0.25, -0.2) is 0 Å². The topological polar surface area (TPSA) is 12.0 Å². The molecular weight excluding hydrogens is 170 g/mol. The lowest BCUT2D eigenvalue weighted by Crippen LogP contribution is -2.19. The summed E-state index contributed by atoms with van der Waals surface area (Å²) < 4.78 is 0. The summed E-state index contributed by atoms with van der Waals surface area (Å²) in [6.07, 6.45) is 10.5. The molecule has 3 atom stereocenters. The van der Waals surface area contributed by atoms with Crippen LogP contribution in [0.15, 0.2) is 0 Å². The lowest BCUT2D eigenvalue weighted by Gasteiger charge is -2.23. The molecule has 1 N–H and O–H groups in total. The number of hydrogen-bond acceptors (Lipinski definition) is 1. The van der Waals surface area contributed by atoms with Gasteiger partial charge in [-0.05, 0) is 69.4 Å². The molecule has 1 heteroatoms. The van der Waals surface area contributed by atoms with Crippen LogP contribution in [0.4, 0.5) is 0 Å². The van der Waals surface area contributed by atoms with Crippen molar-refractivity contribution in [1.82, 2.24) is 5.32 Å². The van der Waals surface area contributed by atoms with E-state index in [1.54, 1.807) is 6.42 Å². The van der Waals surface area contributed by atoms with Crippen LogP contribution in [0.5, 0.6) is 0 Å². The molecule has 1 nitrogen and oxygen atoms in total. The second kappa shape index (κ2) is 4.22. The third-order valence-electron chi connectivity index (χ3n) is 4.68. The lowest BCUT2D eigenvalue weighted by molar-refractivity contribution is 0.278. The summed E-state index contributed by atoms with van der Waals surface area (Å²) >= 11 is 0. The van der Waals surface area contributed by atoms with Crippen molar-refractivity contribution in [3.8, 4) is 0 Å². The molecule has 2 saturated carbocycles. The molecule has 0 bridgehead atoms. The van der Waals surface area contributed by atoms with Gasteiger partial charge in [-0.15, -0.1) is 0 Å². The highest BCUT2D eigenvalue weighted by Crippen LogP contribution is 2.54. The molecule has 3 unspecified atom stereocenters. The average molecular weight is 195 g/mol. The third-order valence-corrected chi connectivity index (χ3v) is 4.68. The van der Waals surface area contributed by atoms with Gasteiger partial charge in [0.1, 0.15) is 0 Å². The normalized spacial score (nSPS) is 42.4. The molecule has 0 aromatic carbocycles. The summed E-state index contributed by atoms with van der Waals surface area (Å²) in [7, 11) is 2.09. The second-order valence-corrected chi connectivity index (χ2v) is 5.68. The van der Waals surface area contributed by atoms with Gasteiger partial charge in [0, 0.05) is 0 Å². The molecule has 2 aliphatic carbocycles. The minimum Gasteiger partial charge on any atom is -0.319 e. The van der Waals surface area contributed by atoms with Gasteiger partial charge >= 0.3 is 0 Å². The highest BCUT2D eigenvalue weighted by Gasteiger charge is 2.43. The van der Waals surface area contributed by atoms with Crippen LogP contribution in [0.1, 0.15) is 51.9 Å². The number of hydrogen-bond donors (Lipinski definition) is 1. The van der Waals surface area contributed by atoms with Gasteiger partial charge < -0.3 is 5.32 Å². The van der Waals surface area contributed by atoms with Crippen molar-refractivity contribution < 1.29 is 0 Å². The van der Waals surface area contributed by atoms with Gasteiger partial charge in [-0.3, -0.25) is 0 Å². The molecule has 2 aliphatic rings. The molecule has 0 heterocycles. The summed E-state index contributed by atoms with van der Waals surface area (Å²) in [4.78, 5) is 0. The molecule has 0 aromatic rings. The van der Waals surface area contributed by atoms with Crippen molar-refractivity contribution in [1.29, 1.82) is 0 Å². The van der Waals surface area contributed by atoms with Crippen LogP contribution in [-0.4, -0.2) is 13.6 Å². The Morgan fingerprint density at radius 1 is 1.14 bits per heavy atom. The average Bonchev–Trinajstić information content (AvgIpc) is 2.76. The first kappa shape index (κ1) is 10.5. The molecule has 14 heavy (non-hydrogen) atoms. The molecule has 0 aromatic heterocycles. The monoisotopic (exact) mass is 195 g/mol. The quantitative estimate of drug-likeness (QED) is 0.729. The zero-order chi connectivity index (χ0) is 10.0. The van der Waals surface area contributed by atoms with Crippen LogP contribution in [0.2, 0.25) is 0 Å². The summed E-state index contributed by atoms with van der Waals surface area (Å²) in [6.45, 7) is 3.61. The van der Waals surface area contributed by atoms with Gasteiger partial charge in [0.15, 0.2) is 0 Å². The fourth-order valence-electron chi connectivity index (χ4n) is 3.88. The largest absolute Gasteiger partial charge is 0.319 e. The molecular formula is C13H25N. The summed E-state index contributed by atoms with van der Waals surface area (Å²) in [5.74, 6) is 2.04. The molecule has 0 saturated heterocycles. The highest BCUT2D eigenvalue weighted by molar-refractivity contribution is 4.95. The van der Waals surface area contributed by atoms with Crippen LogP contribution in [0, 0.1) is 17.3 Å². The highest BCUT2D eigenvalue weighted by atomic mass is 14.8. The van der Waals surface area contributed by atoms with E-state index in [0.29, 0.717) is 0 Å². The first-order valence-corrected chi connectivity index (χ1v) is 6.42. The number of rotatable bonds is 3. The van der Waals surface area contributed by atoms with E-state index in [1.165, 1.54) is 45.1 Å². The SMILES string of the molecule is CCC1CCC2(CCC(CNC)C2)C1. The van der Waals surface area contributed by atoms with Crippen molar-refractivity contribution in [2.45, 2.75) is 51.9 Å². The predicted molar refractivity (Wildman–Crippen MR) is 61.3 cm³/mol. The van der Waals surface area contributed by atoms with Gasteiger partial charge in [0.05, 0.1) is 0 Å². The van der Waals surface area contributed by atoms with E-state index in [0.717, 1.165) is 17.3 Å². The summed E-state index contributed by atoms with van der Waals surface area (Å²) in [5, 5.41) is 3.34. The third kappa shape index (κ3) is 1.98. The van der Waals surface area contributed by atoms with Gasteiger partial charge in [-0.2, -0.15) is 0 Å².